The minimum Gasteiger partial charge on any atom is -0.398 e. The third-order valence-electron chi connectivity index (χ3n) is 2.27. The summed E-state index contributed by atoms with van der Waals surface area (Å²) in [6.07, 6.45) is 0. The lowest BCUT2D eigenvalue weighted by atomic mass is 10.1. The fourth-order valence-electron chi connectivity index (χ4n) is 1.40. The molecule has 0 saturated heterocycles. The number of halogens is 1. The molecule has 5 nitrogen and oxygen atoms in total. The first kappa shape index (κ1) is 12.7. The molecule has 18 heavy (non-hydrogen) atoms. The Morgan fingerprint density at radius 2 is 2.28 bits per heavy atom. The molecule has 0 aliphatic rings. The zero-order chi connectivity index (χ0) is 13.1. The molecule has 0 bridgehead atoms. The van der Waals surface area contributed by atoms with Crippen molar-refractivity contribution in [2.24, 2.45) is 0 Å². The Bertz CT molecular complexity index is 635. The molecule has 1 heterocycles. The third kappa shape index (κ3) is 2.91. The largest absolute Gasteiger partial charge is 0.398 e. The number of amides is 1. The Labute approximate surface area is 112 Å². The number of nitrogens with two attached hydrogens (primary N) is 1. The summed E-state index contributed by atoms with van der Waals surface area (Å²) in [6, 6.07) is 4.69. The van der Waals surface area contributed by atoms with Gasteiger partial charge in [0.05, 0.1) is 12.1 Å². The van der Waals surface area contributed by atoms with E-state index in [1.165, 1.54) is 6.07 Å². The van der Waals surface area contributed by atoms with Gasteiger partial charge in [0.2, 0.25) is 0 Å². The van der Waals surface area contributed by atoms with Crippen LogP contribution in [0.3, 0.4) is 0 Å². The molecule has 0 atom stereocenters. The molecule has 0 fully saturated rings. The Kier molecular flexibility index (Phi) is 3.69. The lowest BCUT2D eigenvalue weighted by Crippen LogP contribution is -2.24. The maximum atomic E-state index is 11.9. The van der Waals surface area contributed by atoms with Crippen LogP contribution in [0.15, 0.2) is 28.4 Å². The number of nitrogens with one attached hydrogen (secondary N) is 2. The lowest BCUT2D eigenvalue weighted by molar-refractivity contribution is 0.0951. The van der Waals surface area contributed by atoms with E-state index in [9.17, 15) is 9.59 Å². The number of hydrogen-bond donors (Lipinski definition) is 3. The van der Waals surface area contributed by atoms with Gasteiger partial charge >= 0.3 is 4.87 Å². The first-order valence-corrected chi connectivity index (χ1v) is 6.32. The predicted molar refractivity (Wildman–Crippen MR) is 72.0 cm³/mol. The summed E-state index contributed by atoms with van der Waals surface area (Å²) in [5, 5.41) is 4.76. The molecule has 94 valence electrons. The maximum absolute atomic E-state index is 11.9. The van der Waals surface area contributed by atoms with Gasteiger partial charge in [0.1, 0.15) is 0 Å². The highest BCUT2D eigenvalue weighted by atomic mass is 35.5. The van der Waals surface area contributed by atoms with Gasteiger partial charge in [0, 0.05) is 21.8 Å². The molecular formula is C11H10ClN3O2S. The van der Waals surface area contributed by atoms with Gasteiger partial charge < -0.3 is 16.0 Å². The first-order chi connectivity index (χ1) is 8.56. The number of nitrogen functional groups attached to an aromatic ring is 1. The summed E-state index contributed by atoms with van der Waals surface area (Å²) < 4.78 is 0. The number of anilines is 1. The number of H-pyrrole nitrogens is 1. The molecule has 0 spiro atoms. The van der Waals surface area contributed by atoms with E-state index in [4.69, 9.17) is 17.3 Å². The van der Waals surface area contributed by atoms with Crippen LogP contribution >= 0.6 is 22.9 Å². The first-order valence-electron chi connectivity index (χ1n) is 5.06. The van der Waals surface area contributed by atoms with Crippen LogP contribution in [0, 0.1) is 0 Å². The predicted octanol–water partition coefficient (Wildman–Crippen LogP) is 1.60. The van der Waals surface area contributed by atoms with E-state index < -0.39 is 0 Å². The van der Waals surface area contributed by atoms with Crippen molar-refractivity contribution in [1.29, 1.82) is 0 Å². The Morgan fingerprint density at radius 1 is 1.50 bits per heavy atom. The van der Waals surface area contributed by atoms with E-state index in [0.717, 1.165) is 11.3 Å². The number of hydrogen-bond acceptors (Lipinski definition) is 4. The SMILES string of the molecule is Nc1ccc(Cl)cc1C(=O)NCc1csc(=O)[nH]1. The van der Waals surface area contributed by atoms with E-state index in [2.05, 4.69) is 10.3 Å². The van der Waals surface area contributed by atoms with Crippen LogP contribution in [0.5, 0.6) is 0 Å². The molecule has 2 aromatic rings. The van der Waals surface area contributed by atoms with Crippen LogP contribution in [0.4, 0.5) is 5.69 Å². The number of benzene rings is 1. The highest BCUT2D eigenvalue weighted by Gasteiger charge is 2.10. The van der Waals surface area contributed by atoms with Crippen LogP contribution in [0.1, 0.15) is 16.1 Å². The summed E-state index contributed by atoms with van der Waals surface area (Å²) in [4.78, 5) is 25.2. The quantitative estimate of drug-likeness (QED) is 0.748. The summed E-state index contributed by atoms with van der Waals surface area (Å²) in [7, 11) is 0. The standard InChI is InChI=1S/C11H10ClN3O2S/c12-6-1-2-9(13)8(3-6)10(16)14-4-7-5-18-11(17)15-7/h1-3,5H,4,13H2,(H,14,16)(H,15,17). The van der Waals surface area contributed by atoms with Gasteiger partial charge in [-0.3, -0.25) is 9.59 Å². The highest BCUT2D eigenvalue weighted by Crippen LogP contribution is 2.17. The Balaban J connectivity index is 2.08. The van der Waals surface area contributed by atoms with E-state index >= 15 is 0 Å². The Morgan fingerprint density at radius 3 is 2.94 bits per heavy atom. The second kappa shape index (κ2) is 5.24. The normalized spacial score (nSPS) is 10.3. The fraction of sp³-hybridized carbons (Fsp3) is 0.0909. The number of aromatic amines is 1. The fourth-order valence-corrected chi connectivity index (χ4v) is 2.15. The molecule has 0 aliphatic carbocycles. The number of thiazole rings is 1. The maximum Gasteiger partial charge on any atom is 0.304 e. The number of rotatable bonds is 3. The zero-order valence-corrected chi connectivity index (χ0v) is 10.8. The van der Waals surface area contributed by atoms with Crippen LogP contribution in [-0.4, -0.2) is 10.9 Å². The molecule has 2 rings (SSSR count). The molecule has 1 amide bonds. The number of carbonyl (C=O) groups is 1. The van der Waals surface area contributed by atoms with Gasteiger partial charge in [-0.05, 0) is 18.2 Å². The van der Waals surface area contributed by atoms with Crippen LogP contribution in [0.2, 0.25) is 5.02 Å². The van der Waals surface area contributed by atoms with E-state index in [0.29, 0.717) is 22.0 Å². The summed E-state index contributed by atoms with van der Waals surface area (Å²) in [5.41, 5.74) is 7.02. The molecule has 4 N–H and O–H groups in total. The van der Waals surface area contributed by atoms with Crippen molar-refractivity contribution in [1.82, 2.24) is 10.3 Å². The smallest absolute Gasteiger partial charge is 0.304 e. The van der Waals surface area contributed by atoms with Crippen LogP contribution in [-0.2, 0) is 6.54 Å². The summed E-state index contributed by atoms with van der Waals surface area (Å²) in [6.45, 7) is 0.240. The van der Waals surface area contributed by atoms with E-state index in [1.54, 1.807) is 17.5 Å². The molecule has 0 saturated carbocycles. The number of carbonyl (C=O) groups excluding carboxylic acids is 1. The van der Waals surface area contributed by atoms with Crippen LogP contribution < -0.4 is 15.9 Å². The Hall–Kier alpha value is -1.79. The average Bonchev–Trinajstić information content (AvgIpc) is 2.75. The molecule has 1 aromatic heterocycles. The van der Waals surface area contributed by atoms with Crippen molar-refractivity contribution in [3.05, 3.63) is 49.5 Å². The molecule has 7 heteroatoms. The van der Waals surface area contributed by atoms with Crippen LogP contribution in [0.25, 0.3) is 0 Å². The summed E-state index contributed by atoms with van der Waals surface area (Å²) in [5.74, 6) is -0.331. The summed E-state index contributed by atoms with van der Waals surface area (Å²) >= 11 is 6.85. The monoisotopic (exact) mass is 283 g/mol. The molecule has 0 unspecified atom stereocenters. The van der Waals surface area contributed by atoms with Gasteiger partial charge in [-0.15, -0.1) is 0 Å². The van der Waals surface area contributed by atoms with Crippen molar-refractivity contribution < 1.29 is 4.79 Å². The van der Waals surface area contributed by atoms with Gasteiger partial charge in [-0.25, -0.2) is 0 Å². The van der Waals surface area contributed by atoms with Gasteiger partial charge in [0.25, 0.3) is 5.91 Å². The van der Waals surface area contributed by atoms with Crippen molar-refractivity contribution in [3.8, 4) is 0 Å². The highest BCUT2D eigenvalue weighted by molar-refractivity contribution is 7.07. The molecular weight excluding hydrogens is 274 g/mol. The van der Waals surface area contributed by atoms with Crippen molar-refractivity contribution in [2.45, 2.75) is 6.54 Å². The van der Waals surface area contributed by atoms with E-state index in [-0.39, 0.29) is 17.3 Å². The van der Waals surface area contributed by atoms with Gasteiger partial charge in [-0.2, -0.15) is 0 Å². The lowest BCUT2D eigenvalue weighted by Gasteiger charge is -2.06. The van der Waals surface area contributed by atoms with E-state index in [1.807, 2.05) is 0 Å². The topological polar surface area (TPSA) is 88.0 Å². The minimum absolute atomic E-state index is 0.151. The molecule has 1 aromatic carbocycles. The number of aromatic nitrogens is 1. The van der Waals surface area contributed by atoms with Crippen molar-refractivity contribution in [3.63, 3.8) is 0 Å². The molecule has 0 aliphatic heterocycles. The van der Waals surface area contributed by atoms with Gasteiger partial charge in [-0.1, -0.05) is 22.9 Å². The zero-order valence-electron chi connectivity index (χ0n) is 9.20. The van der Waals surface area contributed by atoms with Gasteiger partial charge in [0.15, 0.2) is 0 Å². The van der Waals surface area contributed by atoms with Crippen molar-refractivity contribution in [2.75, 3.05) is 5.73 Å². The second-order valence-electron chi connectivity index (χ2n) is 3.59. The minimum atomic E-state index is -0.331. The third-order valence-corrected chi connectivity index (χ3v) is 3.22. The molecule has 0 radical (unpaired) electrons. The van der Waals surface area contributed by atoms with Crippen molar-refractivity contribution >= 4 is 34.5 Å². The second-order valence-corrected chi connectivity index (χ2v) is 4.87. The average molecular weight is 284 g/mol.